The van der Waals surface area contributed by atoms with E-state index in [9.17, 15) is 4.79 Å². The second-order valence-corrected chi connectivity index (χ2v) is 4.87. The molecule has 0 aromatic carbocycles. The highest BCUT2D eigenvalue weighted by Gasteiger charge is 2.36. The Hall–Kier alpha value is -0.610. The van der Waals surface area contributed by atoms with Gasteiger partial charge in [-0.15, -0.1) is 0 Å². The zero-order valence-corrected chi connectivity index (χ0v) is 9.19. The maximum Gasteiger partial charge on any atom is 0.223 e. The fourth-order valence-corrected chi connectivity index (χ4v) is 2.81. The summed E-state index contributed by atoms with van der Waals surface area (Å²) in [5.74, 6) is 0.611. The normalized spacial score (nSPS) is 37.3. The monoisotopic (exact) mass is 211 g/mol. The molecule has 1 amide bonds. The van der Waals surface area contributed by atoms with Gasteiger partial charge in [0.25, 0.3) is 0 Å². The van der Waals surface area contributed by atoms with Crippen molar-refractivity contribution in [3.63, 3.8) is 0 Å². The third-order valence-electron chi connectivity index (χ3n) is 3.75. The van der Waals surface area contributed by atoms with E-state index in [1.165, 1.54) is 12.8 Å². The summed E-state index contributed by atoms with van der Waals surface area (Å²) in [5.41, 5.74) is 11.7. The highest BCUT2D eigenvalue weighted by Crippen LogP contribution is 2.27. The first-order valence-corrected chi connectivity index (χ1v) is 5.97. The van der Waals surface area contributed by atoms with Crippen molar-refractivity contribution in [2.45, 2.75) is 44.2 Å². The van der Waals surface area contributed by atoms with Crippen LogP contribution in [-0.2, 0) is 4.79 Å². The van der Waals surface area contributed by atoms with E-state index in [1.807, 2.05) is 4.90 Å². The molecular formula is C11H21N3O. The smallest absolute Gasteiger partial charge is 0.223 e. The summed E-state index contributed by atoms with van der Waals surface area (Å²) in [5, 5.41) is 0. The quantitative estimate of drug-likeness (QED) is 0.678. The van der Waals surface area contributed by atoms with E-state index in [0.29, 0.717) is 18.9 Å². The lowest BCUT2D eigenvalue weighted by Gasteiger charge is -2.36. The van der Waals surface area contributed by atoms with E-state index in [1.54, 1.807) is 0 Å². The third kappa shape index (κ3) is 2.16. The second-order valence-electron chi connectivity index (χ2n) is 4.87. The number of hydrogen-bond acceptors (Lipinski definition) is 3. The molecule has 2 aliphatic rings. The first-order valence-electron chi connectivity index (χ1n) is 5.97. The maximum atomic E-state index is 11.8. The summed E-state index contributed by atoms with van der Waals surface area (Å²) < 4.78 is 0. The Bertz CT molecular complexity index is 244. The van der Waals surface area contributed by atoms with Crippen LogP contribution >= 0.6 is 0 Å². The van der Waals surface area contributed by atoms with Crippen LogP contribution in [0.3, 0.4) is 0 Å². The molecule has 1 aliphatic heterocycles. The van der Waals surface area contributed by atoms with Crippen molar-refractivity contribution in [2.75, 3.05) is 13.1 Å². The van der Waals surface area contributed by atoms with Crippen LogP contribution in [0, 0.1) is 5.92 Å². The molecule has 0 aromatic heterocycles. The van der Waals surface area contributed by atoms with Gasteiger partial charge in [0.2, 0.25) is 5.91 Å². The second kappa shape index (κ2) is 4.49. The van der Waals surface area contributed by atoms with Gasteiger partial charge >= 0.3 is 0 Å². The van der Waals surface area contributed by atoms with Gasteiger partial charge in [0.05, 0.1) is 0 Å². The summed E-state index contributed by atoms with van der Waals surface area (Å²) in [6, 6.07) is 0.460. The molecule has 3 atom stereocenters. The van der Waals surface area contributed by atoms with Gasteiger partial charge in [-0.1, -0.05) is 12.8 Å². The molecule has 2 rings (SSSR count). The first kappa shape index (κ1) is 10.9. The predicted octanol–water partition coefficient (Wildman–Crippen LogP) is 0.0635. The van der Waals surface area contributed by atoms with E-state index in [0.717, 1.165) is 19.4 Å². The van der Waals surface area contributed by atoms with E-state index in [4.69, 9.17) is 11.5 Å². The maximum absolute atomic E-state index is 11.8. The largest absolute Gasteiger partial charge is 0.338 e. The number of nitrogens with two attached hydrogens (primary N) is 2. The summed E-state index contributed by atoms with van der Waals surface area (Å²) in [4.78, 5) is 13.8. The molecule has 1 saturated heterocycles. The van der Waals surface area contributed by atoms with E-state index in [-0.39, 0.29) is 18.0 Å². The Morgan fingerprint density at radius 3 is 2.67 bits per heavy atom. The number of hydrogen-bond donors (Lipinski definition) is 2. The molecule has 1 heterocycles. The van der Waals surface area contributed by atoms with Crippen molar-refractivity contribution >= 4 is 5.91 Å². The third-order valence-corrected chi connectivity index (χ3v) is 3.75. The summed E-state index contributed by atoms with van der Waals surface area (Å²) >= 11 is 0. The van der Waals surface area contributed by atoms with Gasteiger partial charge in [-0.05, 0) is 25.3 Å². The van der Waals surface area contributed by atoms with Crippen molar-refractivity contribution in [1.82, 2.24) is 4.90 Å². The van der Waals surface area contributed by atoms with Gasteiger partial charge in [-0.2, -0.15) is 0 Å². The average molecular weight is 211 g/mol. The SMILES string of the molecule is NCC1CC(=O)N([C@@H]2CCCC[C@@H]2N)C1. The van der Waals surface area contributed by atoms with Crippen LogP contribution in [0.5, 0.6) is 0 Å². The number of likely N-dealkylation sites (tertiary alicyclic amines) is 1. The molecule has 2 fully saturated rings. The number of carbonyl (C=O) groups excluding carboxylic acids is 1. The minimum atomic E-state index is 0.180. The molecule has 0 aromatic rings. The van der Waals surface area contributed by atoms with Gasteiger partial charge in [0.15, 0.2) is 0 Å². The van der Waals surface area contributed by atoms with Crippen LogP contribution in [0.15, 0.2) is 0 Å². The van der Waals surface area contributed by atoms with Gasteiger partial charge < -0.3 is 16.4 Å². The number of carbonyl (C=O) groups is 1. The molecule has 1 aliphatic carbocycles. The molecule has 15 heavy (non-hydrogen) atoms. The van der Waals surface area contributed by atoms with Crippen molar-refractivity contribution in [1.29, 1.82) is 0 Å². The lowest BCUT2D eigenvalue weighted by molar-refractivity contribution is -0.130. The van der Waals surface area contributed by atoms with E-state index >= 15 is 0 Å². The lowest BCUT2D eigenvalue weighted by Crippen LogP contribution is -2.50. The minimum absolute atomic E-state index is 0.180. The van der Waals surface area contributed by atoms with Crippen LogP contribution in [0.1, 0.15) is 32.1 Å². The molecular weight excluding hydrogens is 190 g/mol. The molecule has 86 valence electrons. The highest BCUT2D eigenvalue weighted by molar-refractivity contribution is 5.79. The van der Waals surface area contributed by atoms with Crippen molar-refractivity contribution in [3.8, 4) is 0 Å². The van der Waals surface area contributed by atoms with E-state index in [2.05, 4.69) is 0 Å². The van der Waals surface area contributed by atoms with E-state index < -0.39 is 0 Å². The number of amides is 1. The molecule has 4 nitrogen and oxygen atoms in total. The molecule has 4 N–H and O–H groups in total. The minimum Gasteiger partial charge on any atom is -0.338 e. The van der Waals surface area contributed by atoms with Gasteiger partial charge in [-0.3, -0.25) is 4.79 Å². The van der Waals surface area contributed by atoms with Gasteiger partial charge in [0, 0.05) is 25.0 Å². The number of rotatable bonds is 2. The topological polar surface area (TPSA) is 72.4 Å². The van der Waals surface area contributed by atoms with Crippen molar-refractivity contribution in [3.05, 3.63) is 0 Å². The average Bonchev–Trinajstić information content (AvgIpc) is 2.60. The Balaban J connectivity index is 2.00. The molecule has 1 saturated carbocycles. The zero-order chi connectivity index (χ0) is 10.8. The Labute approximate surface area is 91.0 Å². The molecule has 4 heteroatoms. The highest BCUT2D eigenvalue weighted by atomic mass is 16.2. The fourth-order valence-electron chi connectivity index (χ4n) is 2.81. The van der Waals surface area contributed by atoms with Crippen LogP contribution in [0.4, 0.5) is 0 Å². The Kier molecular flexibility index (Phi) is 3.26. The first-order chi connectivity index (χ1) is 7.22. The van der Waals surface area contributed by atoms with Crippen molar-refractivity contribution < 1.29 is 4.79 Å². The van der Waals surface area contributed by atoms with Crippen LogP contribution in [0.25, 0.3) is 0 Å². The summed E-state index contributed by atoms with van der Waals surface area (Å²) in [6.45, 7) is 1.44. The molecule has 0 radical (unpaired) electrons. The predicted molar refractivity (Wildman–Crippen MR) is 59.1 cm³/mol. The van der Waals surface area contributed by atoms with Crippen LogP contribution in [-0.4, -0.2) is 36.0 Å². The van der Waals surface area contributed by atoms with Crippen LogP contribution in [0.2, 0.25) is 0 Å². The van der Waals surface area contributed by atoms with Crippen LogP contribution < -0.4 is 11.5 Å². The van der Waals surface area contributed by atoms with Crippen molar-refractivity contribution in [2.24, 2.45) is 17.4 Å². The lowest BCUT2D eigenvalue weighted by atomic mass is 9.90. The van der Waals surface area contributed by atoms with Gasteiger partial charge in [-0.25, -0.2) is 0 Å². The summed E-state index contributed by atoms with van der Waals surface area (Å²) in [7, 11) is 0. The van der Waals surface area contributed by atoms with Gasteiger partial charge in [0.1, 0.15) is 0 Å². The zero-order valence-electron chi connectivity index (χ0n) is 9.19. The Morgan fingerprint density at radius 1 is 1.33 bits per heavy atom. The Morgan fingerprint density at radius 2 is 2.07 bits per heavy atom. The molecule has 0 spiro atoms. The number of nitrogens with zero attached hydrogens (tertiary/aromatic N) is 1. The molecule has 0 bridgehead atoms. The standard InChI is InChI=1S/C11H21N3O/c12-6-8-5-11(15)14(7-8)10-4-2-1-3-9(10)13/h8-10H,1-7,12-13H2/t8?,9-,10+/m0/s1. The fraction of sp³-hybridized carbons (Fsp3) is 0.909. The molecule has 1 unspecified atom stereocenters. The summed E-state index contributed by atoms with van der Waals surface area (Å²) in [6.07, 6.45) is 5.17.